The SMILES string of the molecule is CCOc1ccc(-c2ccc(=O)n(C(C)C(=O)NCCn3nc(-c4ccco4)ccc3=O)n2)cc1. The summed E-state index contributed by atoms with van der Waals surface area (Å²) in [4.78, 5) is 37.3. The number of carbonyl (C=O) groups is 1. The zero-order chi connectivity index (χ0) is 24.8. The minimum Gasteiger partial charge on any atom is -0.494 e. The van der Waals surface area contributed by atoms with Crippen LogP contribution >= 0.6 is 0 Å². The summed E-state index contributed by atoms with van der Waals surface area (Å²) in [6.07, 6.45) is 1.52. The first-order valence-electron chi connectivity index (χ1n) is 11.2. The molecule has 35 heavy (non-hydrogen) atoms. The number of furan rings is 1. The molecule has 0 aliphatic carbocycles. The number of carbonyl (C=O) groups excluding carboxylic acids is 1. The van der Waals surface area contributed by atoms with Gasteiger partial charge >= 0.3 is 0 Å². The first-order chi connectivity index (χ1) is 17.0. The summed E-state index contributed by atoms with van der Waals surface area (Å²) in [5.74, 6) is 0.869. The molecule has 1 N–H and O–H groups in total. The van der Waals surface area contributed by atoms with Gasteiger partial charge in [0.05, 0.1) is 25.1 Å². The molecule has 10 nitrogen and oxygen atoms in total. The van der Waals surface area contributed by atoms with Crippen LogP contribution < -0.4 is 21.2 Å². The lowest BCUT2D eigenvalue weighted by atomic mass is 10.1. The number of hydrogen-bond acceptors (Lipinski definition) is 7. The molecule has 10 heteroatoms. The molecule has 0 aliphatic rings. The normalized spacial score (nSPS) is 11.7. The molecular formula is C25H25N5O5. The Bertz CT molecular complexity index is 1410. The van der Waals surface area contributed by atoms with Gasteiger partial charge in [0.2, 0.25) is 5.91 Å². The van der Waals surface area contributed by atoms with Gasteiger partial charge in [0.1, 0.15) is 17.5 Å². The number of aromatic nitrogens is 4. The Morgan fingerprint density at radius 2 is 1.74 bits per heavy atom. The van der Waals surface area contributed by atoms with Gasteiger partial charge in [0, 0.05) is 24.2 Å². The lowest BCUT2D eigenvalue weighted by molar-refractivity contribution is -0.124. The Kier molecular flexibility index (Phi) is 7.20. The topological polar surface area (TPSA) is 121 Å². The van der Waals surface area contributed by atoms with Crippen LogP contribution in [0.15, 0.2) is 80.9 Å². The lowest BCUT2D eigenvalue weighted by Crippen LogP contribution is -2.39. The van der Waals surface area contributed by atoms with Crippen LogP contribution in [0.25, 0.3) is 22.7 Å². The molecule has 3 aromatic heterocycles. The molecule has 180 valence electrons. The predicted molar refractivity (Wildman–Crippen MR) is 129 cm³/mol. The number of ether oxygens (including phenoxy) is 1. The molecule has 1 aromatic carbocycles. The van der Waals surface area contributed by atoms with E-state index in [0.717, 1.165) is 16.0 Å². The van der Waals surface area contributed by atoms with E-state index in [1.165, 1.54) is 23.1 Å². The van der Waals surface area contributed by atoms with E-state index in [4.69, 9.17) is 9.15 Å². The van der Waals surface area contributed by atoms with Crippen molar-refractivity contribution in [3.63, 3.8) is 0 Å². The number of nitrogens with one attached hydrogen (secondary N) is 1. The van der Waals surface area contributed by atoms with Crippen LogP contribution in [0.5, 0.6) is 5.75 Å². The van der Waals surface area contributed by atoms with Crippen LogP contribution in [-0.2, 0) is 11.3 Å². The van der Waals surface area contributed by atoms with Gasteiger partial charge in [-0.15, -0.1) is 0 Å². The van der Waals surface area contributed by atoms with Crippen LogP contribution in [0, 0.1) is 0 Å². The Labute approximate surface area is 200 Å². The van der Waals surface area contributed by atoms with E-state index >= 15 is 0 Å². The molecule has 0 saturated carbocycles. The first-order valence-corrected chi connectivity index (χ1v) is 11.2. The van der Waals surface area contributed by atoms with Crippen molar-refractivity contribution in [2.75, 3.05) is 13.2 Å². The van der Waals surface area contributed by atoms with Crippen molar-refractivity contribution >= 4 is 5.91 Å². The Morgan fingerprint density at radius 1 is 1.00 bits per heavy atom. The van der Waals surface area contributed by atoms with E-state index in [1.54, 1.807) is 31.2 Å². The molecule has 1 unspecified atom stereocenters. The summed E-state index contributed by atoms with van der Waals surface area (Å²) < 4.78 is 13.2. The molecule has 0 spiro atoms. The molecule has 0 aliphatic heterocycles. The zero-order valence-corrected chi connectivity index (χ0v) is 19.4. The Hall–Kier alpha value is -4.47. The zero-order valence-electron chi connectivity index (χ0n) is 19.4. The van der Waals surface area contributed by atoms with Crippen LogP contribution in [0.2, 0.25) is 0 Å². The van der Waals surface area contributed by atoms with E-state index < -0.39 is 17.5 Å². The molecular weight excluding hydrogens is 450 g/mol. The monoisotopic (exact) mass is 475 g/mol. The number of benzene rings is 1. The molecule has 4 aromatic rings. The quantitative estimate of drug-likeness (QED) is 0.395. The second-order valence-electron chi connectivity index (χ2n) is 7.68. The van der Waals surface area contributed by atoms with E-state index in [-0.39, 0.29) is 18.6 Å². The summed E-state index contributed by atoms with van der Waals surface area (Å²) in [6.45, 7) is 4.36. The van der Waals surface area contributed by atoms with E-state index in [1.807, 2.05) is 31.2 Å². The average molecular weight is 476 g/mol. The van der Waals surface area contributed by atoms with E-state index in [9.17, 15) is 14.4 Å². The number of nitrogens with zero attached hydrogens (tertiary/aromatic N) is 4. The molecule has 4 rings (SSSR count). The number of amides is 1. The fourth-order valence-corrected chi connectivity index (χ4v) is 3.45. The molecule has 3 heterocycles. The predicted octanol–water partition coefficient (Wildman–Crippen LogP) is 2.50. The molecule has 0 radical (unpaired) electrons. The average Bonchev–Trinajstić information content (AvgIpc) is 3.41. The van der Waals surface area contributed by atoms with Crippen LogP contribution in [0.1, 0.15) is 19.9 Å². The van der Waals surface area contributed by atoms with E-state index in [0.29, 0.717) is 23.8 Å². The summed E-state index contributed by atoms with van der Waals surface area (Å²) in [6, 6.07) is 15.9. The summed E-state index contributed by atoms with van der Waals surface area (Å²) >= 11 is 0. The third kappa shape index (κ3) is 5.55. The van der Waals surface area contributed by atoms with Crippen molar-refractivity contribution in [3.05, 3.63) is 87.6 Å². The third-order valence-corrected chi connectivity index (χ3v) is 5.30. The second kappa shape index (κ2) is 10.6. The van der Waals surface area contributed by atoms with Gasteiger partial charge in [-0.1, -0.05) is 0 Å². The van der Waals surface area contributed by atoms with Gasteiger partial charge in [0.15, 0.2) is 5.76 Å². The van der Waals surface area contributed by atoms with E-state index in [2.05, 4.69) is 15.5 Å². The van der Waals surface area contributed by atoms with Crippen molar-refractivity contribution in [1.82, 2.24) is 24.9 Å². The van der Waals surface area contributed by atoms with Crippen molar-refractivity contribution in [1.29, 1.82) is 0 Å². The summed E-state index contributed by atoms with van der Waals surface area (Å²) in [7, 11) is 0. The Balaban J connectivity index is 1.43. The fourth-order valence-electron chi connectivity index (χ4n) is 3.45. The van der Waals surface area contributed by atoms with Crippen molar-refractivity contribution < 1.29 is 13.9 Å². The highest BCUT2D eigenvalue weighted by Gasteiger charge is 2.18. The molecule has 1 amide bonds. The standard InChI is InChI=1S/C25H25N5O5/c1-3-34-19-8-6-18(7-9-19)20-10-13-24(32)30(28-20)17(2)25(33)26-14-15-29-23(31)12-11-21(27-29)22-5-4-16-35-22/h4-13,16-17H,3,14-15H2,1-2H3,(H,26,33). The summed E-state index contributed by atoms with van der Waals surface area (Å²) in [5.41, 5.74) is 1.15. The van der Waals surface area contributed by atoms with Crippen LogP contribution in [0.4, 0.5) is 0 Å². The Morgan fingerprint density at radius 3 is 2.46 bits per heavy atom. The highest BCUT2D eigenvalue weighted by Crippen LogP contribution is 2.20. The smallest absolute Gasteiger partial charge is 0.267 e. The molecule has 0 bridgehead atoms. The van der Waals surface area contributed by atoms with Crippen molar-refractivity contribution in [3.8, 4) is 28.5 Å². The lowest BCUT2D eigenvalue weighted by Gasteiger charge is -2.15. The summed E-state index contributed by atoms with van der Waals surface area (Å²) in [5, 5.41) is 11.4. The van der Waals surface area contributed by atoms with Crippen LogP contribution in [0.3, 0.4) is 0 Å². The maximum atomic E-state index is 12.7. The minimum atomic E-state index is -0.857. The first kappa shape index (κ1) is 23.7. The van der Waals surface area contributed by atoms with Crippen LogP contribution in [-0.4, -0.2) is 38.6 Å². The highest BCUT2D eigenvalue weighted by molar-refractivity contribution is 5.79. The van der Waals surface area contributed by atoms with Gasteiger partial charge in [0.25, 0.3) is 11.1 Å². The molecule has 1 atom stereocenters. The minimum absolute atomic E-state index is 0.144. The van der Waals surface area contributed by atoms with Crippen molar-refractivity contribution in [2.45, 2.75) is 26.4 Å². The van der Waals surface area contributed by atoms with Gasteiger partial charge in [-0.3, -0.25) is 14.4 Å². The molecule has 0 saturated heterocycles. The highest BCUT2D eigenvalue weighted by atomic mass is 16.5. The van der Waals surface area contributed by atoms with Gasteiger partial charge in [-0.25, -0.2) is 9.36 Å². The number of rotatable bonds is 9. The van der Waals surface area contributed by atoms with Gasteiger partial charge < -0.3 is 14.5 Å². The molecule has 0 fully saturated rings. The maximum Gasteiger partial charge on any atom is 0.267 e. The maximum absolute atomic E-state index is 12.7. The van der Waals surface area contributed by atoms with Gasteiger partial charge in [-0.2, -0.15) is 10.2 Å². The number of hydrogen-bond donors (Lipinski definition) is 1. The third-order valence-electron chi connectivity index (χ3n) is 5.30. The fraction of sp³-hybridized carbons (Fsp3) is 0.240. The van der Waals surface area contributed by atoms with Crippen molar-refractivity contribution in [2.24, 2.45) is 0 Å². The largest absolute Gasteiger partial charge is 0.494 e. The van der Waals surface area contributed by atoms with Gasteiger partial charge in [-0.05, 0) is 62.4 Å². The second-order valence-corrected chi connectivity index (χ2v) is 7.68.